The number of halogens is 1. The highest BCUT2D eigenvalue weighted by atomic mass is 35.5. The zero-order valence-corrected chi connectivity index (χ0v) is 14.2. The molecule has 1 heterocycles. The van der Waals surface area contributed by atoms with Crippen LogP contribution in [0.2, 0.25) is 5.02 Å². The van der Waals surface area contributed by atoms with Crippen LogP contribution >= 0.6 is 11.6 Å². The maximum absolute atomic E-state index is 6.53. The van der Waals surface area contributed by atoms with E-state index in [-0.39, 0.29) is 0 Å². The highest BCUT2D eigenvalue weighted by Gasteiger charge is 2.18. The summed E-state index contributed by atoms with van der Waals surface area (Å²) in [7, 11) is 3.23. The molecular weight excluding hydrogens is 312 g/mol. The van der Waals surface area contributed by atoms with E-state index in [0.717, 1.165) is 31.7 Å². The van der Waals surface area contributed by atoms with Gasteiger partial charge >= 0.3 is 0 Å². The van der Waals surface area contributed by atoms with Crippen molar-refractivity contribution in [3.63, 3.8) is 0 Å². The molecule has 1 aliphatic heterocycles. The summed E-state index contributed by atoms with van der Waals surface area (Å²) in [4.78, 5) is 2.35. The number of rotatable bonds is 4. The Morgan fingerprint density at radius 1 is 1.13 bits per heavy atom. The van der Waals surface area contributed by atoms with Gasteiger partial charge in [-0.25, -0.2) is 0 Å². The van der Waals surface area contributed by atoms with E-state index in [9.17, 15) is 0 Å². The highest BCUT2D eigenvalue weighted by Crippen LogP contribution is 2.38. The van der Waals surface area contributed by atoms with E-state index in [2.05, 4.69) is 34.5 Å². The van der Waals surface area contributed by atoms with Gasteiger partial charge in [0.05, 0.1) is 19.2 Å². The van der Waals surface area contributed by atoms with Crippen molar-refractivity contribution in [2.45, 2.75) is 13.1 Å². The first-order valence-electron chi connectivity index (χ1n) is 7.67. The summed E-state index contributed by atoms with van der Waals surface area (Å²) < 4.78 is 10.7. The zero-order valence-electron chi connectivity index (χ0n) is 13.4. The van der Waals surface area contributed by atoms with Crippen molar-refractivity contribution in [1.29, 1.82) is 0 Å². The topological polar surface area (TPSA) is 33.7 Å². The first kappa shape index (κ1) is 16.0. The number of nitrogens with one attached hydrogen (secondary N) is 1. The van der Waals surface area contributed by atoms with E-state index in [0.29, 0.717) is 16.5 Å². The molecule has 2 aromatic carbocycles. The fourth-order valence-corrected chi connectivity index (χ4v) is 3.24. The molecule has 1 aliphatic rings. The van der Waals surface area contributed by atoms with E-state index in [1.807, 2.05) is 12.1 Å². The maximum Gasteiger partial charge on any atom is 0.179 e. The van der Waals surface area contributed by atoms with Gasteiger partial charge in [-0.2, -0.15) is 0 Å². The predicted octanol–water partition coefficient (Wildman–Crippen LogP) is 3.47. The third kappa shape index (κ3) is 3.23. The Morgan fingerprint density at radius 3 is 2.74 bits per heavy atom. The van der Waals surface area contributed by atoms with Crippen LogP contribution in [0.25, 0.3) is 0 Å². The molecule has 5 heteroatoms. The highest BCUT2D eigenvalue weighted by molar-refractivity contribution is 6.33. The van der Waals surface area contributed by atoms with Crippen LogP contribution in [-0.2, 0) is 13.1 Å². The van der Waals surface area contributed by atoms with Crippen LogP contribution in [0.3, 0.4) is 0 Å². The summed E-state index contributed by atoms with van der Waals surface area (Å²) in [5, 5.41) is 4.07. The minimum Gasteiger partial charge on any atom is -0.493 e. The van der Waals surface area contributed by atoms with E-state index >= 15 is 0 Å². The van der Waals surface area contributed by atoms with Gasteiger partial charge in [0, 0.05) is 31.9 Å². The molecular formula is C18H21ClN2O2. The molecule has 0 saturated heterocycles. The van der Waals surface area contributed by atoms with Gasteiger partial charge in [0.15, 0.2) is 11.5 Å². The summed E-state index contributed by atoms with van der Waals surface area (Å²) in [6.07, 6.45) is 0. The Kier molecular flexibility index (Phi) is 4.94. The molecule has 23 heavy (non-hydrogen) atoms. The fourth-order valence-electron chi connectivity index (χ4n) is 2.95. The van der Waals surface area contributed by atoms with Crippen LogP contribution in [0.4, 0.5) is 5.69 Å². The summed E-state index contributed by atoms with van der Waals surface area (Å²) in [6.45, 7) is 3.51. The lowest BCUT2D eigenvalue weighted by molar-refractivity contribution is 0.354. The van der Waals surface area contributed by atoms with Crippen molar-refractivity contribution >= 4 is 17.3 Å². The molecule has 0 bridgehead atoms. The van der Waals surface area contributed by atoms with Crippen molar-refractivity contribution in [2.24, 2.45) is 0 Å². The SMILES string of the molecule is COc1ccc(CN2CCNCc3ccccc32)c(Cl)c1OC. The number of anilines is 1. The zero-order chi connectivity index (χ0) is 16.2. The Balaban J connectivity index is 1.93. The molecule has 2 aromatic rings. The van der Waals surface area contributed by atoms with Gasteiger partial charge in [-0.3, -0.25) is 0 Å². The average Bonchev–Trinajstić information content (AvgIpc) is 2.79. The van der Waals surface area contributed by atoms with Gasteiger partial charge in [-0.1, -0.05) is 35.9 Å². The number of nitrogens with zero attached hydrogens (tertiary/aromatic N) is 1. The van der Waals surface area contributed by atoms with Crippen LogP contribution in [0.15, 0.2) is 36.4 Å². The van der Waals surface area contributed by atoms with Crippen LogP contribution < -0.4 is 19.7 Å². The predicted molar refractivity (Wildman–Crippen MR) is 93.8 cm³/mol. The maximum atomic E-state index is 6.53. The third-order valence-corrected chi connectivity index (χ3v) is 4.55. The van der Waals surface area contributed by atoms with Crippen molar-refractivity contribution in [1.82, 2.24) is 5.32 Å². The molecule has 3 rings (SSSR count). The Hall–Kier alpha value is -1.91. The normalized spacial score (nSPS) is 14.1. The molecule has 0 fully saturated rings. The Labute approximate surface area is 142 Å². The standard InChI is InChI=1S/C18H21ClN2O2/c1-22-16-8-7-14(17(19)18(16)23-2)12-21-10-9-20-11-13-5-3-4-6-15(13)21/h3-8,20H,9-12H2,1-2H3. The number of hydrogen-bond acceptors (Lipinski definition) is 4. The number of fused-ring (bicyclic) bond motifs is 1. The fraction of sp³-hybridized carbons (Fsp3) is 0.333. The van der Waals surface area contributed by atoms with Crippen molar-refractivity contribution in [2.75, 3.05) is 32.2 Å². The average molecular weight is 333 g/mol. The van der Waals surface area contributed by atoms with Crippen molar-refractivity contribution in [3.8, 4) is 11.5 Å². The number of para-hydroxylation sites is 1. The van der Waals surface area contributed by atoms with Gasteiger partial charge in [0.2, 0.25) is 0 Å². The minimum absolute atomic E-state index is 0.591. The lowest BCUT2D eigenvalue weighted by atomic mass is 10.1. The second kappa shape index (κ2) is 7.11. The molecule has 4 nitrogen and oxygen atoms in total. The monoisotopic (exact) mass is 332 g/mol. The number of ether oxygens (including phenoxy) is 2. The molecule has 122 valence electrons. The summed E-state index contributed by atoms with van der Waals surface area (Å²) >= 11 is 6.53. The van der Waals surface area contributed by atoms with E-state index in [4.69, 9.17) is 21.1 Å². The van der Waals surface area contributed by atoms with Crippen molar-refractivity contribution < 1.29 is 9.47 Å². The second-order valence-corrected chi connectivity index (χ2v) is 5.88. The Bertz CT molecular complexity index is 691. The lowest BCUT2D eigenvalue weighted by Gasteiger charge is -2.25. The first-order valence-corrected chi connectivity index (χ1v) is 8.05. The van der Waals surface area contributed by atoms with Crippen molar-refractivity contribution in [3.05, 3.63) is 52.5 Å². The summed E-state index contributed by atoms with van der Waals surface area (Å²) in [5.74, 6) is 1.24. The molecule has 0 aromatic heterocycles. The van der Waals surface area contributed by atoms with Crippen LogP contribution in [-0.4, -0.2) is 27.3 Å². The number of hydrogen-bond donors (Lipinski definition) is 1. The molecule has 0 saturated carbocycles. The molecule has 0 amide bonds. The summed E-state index contributed by atoms with van der Waals surface area (Å²) in [6, 6.07) is 12.4. The third-order valence-electron chi connectivity index (χ3n) is 4.13. The summed E-state index contributed by atoms with van der Waals surface area (Å²) in [5.41, 5.74) is 3.59. The number of benzene rings is 2. The van der Waals surface area contributed by atoms with Gasteiger partial charge in [-0.15, -0.1) is 0 Å². The molecule has 0 aliphatic carbocycles. The largest absolute Gasteiger partial charge is 0.493 e. The molecule has 0 radical (unpaired) electrons. The van der Waals surface area contributed by atoms with Gasteiger partial charge in [0.1, 0.15) is 0 Å². The second-order valence-electron chi connectivity index (χ2n) is 5.50. The molecule has 0 spiro atoms. The lowest BCUT2D eigenvalue weighted by Crippen LogP contribution is -2.28. The Morgan fingerprint density at radius 2 is 1.96 bits per heavy atom. The van der Waals surface area contributed by atoms with Crippen LogP contribution in [0.5, 0.6) is 11.5 Å². The van der Waals surface area contributed by atoms with E-state index in [1.165, 1.54) is 11.3 Å². The van der Waals surface area contributed by atoms with E-state index < -0.39 is 0 Å². The van der Waals surface area contributed by atoms with E-state index in [1.54, 1.807) is 14.2 Å². The minimum atomic E-state index is 0.591. The van der Waals surface area contributed by atoms with Gasteiger partial charge in [0.25, 0.3) is 0 Å². The molecule has 0 unspecified atom stereocenters. The van der Waals surface area contributed by atoms with Crippen LogP contribution in [0.1, 0.15) is 11.1 Å². The van der Waals surface area contributed by atoms with Crippen LogP contribution in [0, 0.1) is 0 Å². The smallest absolute Gasteiger partial charge is 0.179 e. The number of methoxy groups -OCH3 is 2. The molecule has 0 atom stereocenters. The quantitative estimate of drug-likeness (QED) is 0.929. The van der Waals surface area contributed by atoms with Gasteiger partial charge < -0.3 is 19.7 Å². The van der Waals surface area contributed by atoms with Gasteiger partial charge in [-0.05, 0) is 23.3 Å². The first-order chi connectivity index (χ1) is 11.2. The molecule has 1 N–H and O–H groups in total.